The number of hydrogen-bond acceptors (Lipinski definition) is 5. The number of aliphatic hydroxyl groups is 1. The number of carbonyl (C=O) groups is 1. The van der Waals surface area contributed by atoms with Crippen molar-refractivity contribution < 1.29 is 14.6 Å². The second-order valence-electron chi connectivity index (χ2n) is 10.9. The van der Waals surface area contributed by atoms with E-state index in [2.05, 4.69) is 71.2 Å². The Bertz CT molecular complexity index is 790. The van der Waals surface area contributed by atoms with Gasteiger partial charge in [-0.1, -0.05) is 65.8 Å². The van der Waals surface area contributed by atoms with Crippen molar-refractivity contribution in [2.24, 2.45) is 28.1 Å². The first-order valence-corrected chi connectivity index (χ1v) is 14.0. The van der Waals surface area contributed by atoms with Crippen LogP contribution in [0.2, 0.25) is 0 Å². The standard InChI is InChI=1S/C28H45NO3S/c1-8-26(6)18-23(32-24(30)19-33-17-16-29(9-2)10-3)27(7)20(4)13-15-28(21(5)25(26)31)14-11-12-22(27)28/h8,11-12,14,20-21,23,25,31H,1,9-10,13,15-19H2,2-7H3/t20?,21-,23+,25-,26+,27+,28+/m0/s1. The maximum Gasteiger partial charge on any atom is 0.316 e. The van der Waals surface area contributed by atoms with Crippen LogP contribution in [0.15, 0.2) is 36.5 Å². The monoisotopic (exact) mass is 475 g/mol. The van der Waals surface area contributed by atoms with Crippen LogP contribution in [-0.2, 0) is 9.53 Å². The third-order valence-corrected chi connectivity index (χ3v) is 10.3. The lowest BCUT2D eigenvalue weighted by atomic mass is 9.46. The van der Waals surface area contributed by atoms with Crippen LogP contribution in [0.5, 0.6) is 0 Å². The Morgan fingerprint density at radius 3 is 2.67 bits per heavy atom. The van der Waals surface area contributed by atoms with Crippen LogP contribution in [0.3, 0.4) is 0 Å². The van der Waals surface area contributed by atoms with Crippen molar-refractivity contribution in [1.82, 2.24) is 4.90 Å². The molecule has 33 heavy (non-hydrogen) atoms. The zero-order chi connectivity index (χ0) is 24.4. The fraction of sp³-hybridized carbons (Fsp3) is 0.750. The summed E-state index contributed by atoms with van der Waals surface area (Å²) in [5, 5.41) is 11.5. The van der Waals surface area contributed by atoms with Gasteiger partial charge in [0.2, 0.25) is 0 Å². The molecule has 2 saturated carbocycles. The molecule has 0 aromatic heterocycles. The average molecular weight is 476 g/mol. The largest absolute Gasteiger partial charge is 0.461 e. The highest BCUT2D eigenvalue weighted by Crippen LogP contribution is 2.65. The molecule has 7 atom stereocenters. The minimum Gasteiger partial charge on any atom is -0.461 e. The molecule has 5 heteroatoms. The van der Waals surface area contributed by atoms with E-state index in [1.165, 1.54) is 5.57 Å². The molecule has 0 aromatic carbocycles. The Kier molecular flexibility index (Phi) is 8.29. The van der Waals surface area contributed by atoms with Crippen molar-refractivity contribution in [3.63, 3.8) is 0 Å². The molecule has 0 saturated heterocycles. The molecule has 0 aromatic rings. The van der Waals surface area contributed by atoms with Gasteiger partial charge in [-0.2, -0.15) is 0 Å². The van der Waals surface area contributed by atoms with E-state index in [9.17, 15) is 9.90 Å². The normalized spacial score (nSPS) is 40.1. The van der Waals surface area contributed by atoms with Crippen LogP contribution in [0.4, 0.5) is 0 Å². The molecule has 1 N–H and O–H groups in total. The van der Waals surface area contributed by atoms with Crippen molar-refractivity contribution in [2.75, 3.05) is 31.1 Å². The molecule has 3 rings (SSSR count). The summed E-state index contributed by atoms with van der Waals surface area (Å²) in [5.41, 5.74) is 0.391. The van der Waals surface area contributed by atoms with Crippen LogP contribution in [0.25, 0.3) is 0 Å². The van der Waals surface area contributed by atoms with Crippen LogP contribution in [0.1, 0.15) is 60.8 Å². The van der Waals surface area contributed by atoms with E-state index in [4.69, 9.17) is 4.74 Å². The summed E-state index contributed by atoms with van der Waals surface area (Å²) in [5.74, 6) is 1.61. The van der Waals surface area contributed by atoms with Crippen molar-refractivity contribution in [1.29, 1.82) is 0 Å². The van der Waals surface area contributed by atoms with E-state index in [1.54, 1.807) is 11.8 Å². The predicted molar refractivity (Wildman–Crippen MR) is 139 cm³/mol. The summed E-state index contributed by atoms with van der Waals surface area (Å²) in [4.78, 5) is 15.4. The number of carbonyl (C=O) groups excluding carboxylic acids is 1. The van der Waals surface area contributed by atoms with Crippen LogP contribution in [-0.4, -0.2) is 59.3 Å². The van der Waals surface area contributed by atoms with Gasteiger partial charge >= 0.3 is 5.97 Å². The Morgan fingerprint density at radius 1 is 1.33 bits per heavy atom. The van der Waals surface area contributed by atoms with Crippen molar-refractivity contribution >= 4 is 17.7 Å². The molecule has 4 nitrogen and oxygen atoms in total. The van der Waals surface area contributed by atoms with E-state index in [0.29, 0.717) is 18.1 Å². The lowest BCUT2D eigenvalue weighted by molar-refractivity contribution is -0.165. The molecule has 3 aliphatic rings. The molecular formula is C28H45NO3S. The molecule has 186 valence electrons. The quantitative estimate of drug-likeness (QED) is 0.272. The highest BCUT2D eigenvalue weighted by molar-refractivity contribution is 7.99. The number of rotatable bonds is 9. The topological polar surface area (TPSA) is 49.8 Å². The van der Waals surface area contributed by atoms with Crippen LogP contribution < -0.4 is 0 Å². The summed E-state index contributed by atoms with van der Waals surface area (Å²) in [6.07, 6.45) is 10.4. The third kappa shape index (κ3) is 4.62. The maximum atomic E-state index is 13.1. The second kappa shape index (κ2) is 10.3. The lowest BCUT2D eigenvalue weighted by Crippen LogP contribution is -2.58. The van der Waals surface area contributed by atoms with E-state index in [1.807, 2.05) is 6.08 Å². The van der Waals surface area contributed by atoms with E-state index in [-0.39, 0.29) is 28.8 Å². The SMILES string of the molecule is C=C[C@]1(C)C[C@@H](OC(=O)CSCCN(CC)CC)[C@@]2(C)C3=CC=C[C@@]3(CCC2C)[C@@H](C)[C@@H]1O. The van der Waals surface area contributed by atoms with Gasteiger partial charge in [0.05, 0.1) is 11.9 Å². The Hall–Kier alpha value is -1.04. The fourth-order valence-electron chi connectivity index (χ4n) is 6.63. The highest BCUT2D eigenvalue weighted by atomic mass is 32.2. The number of ether oxygens (including phenoxy) is 1. The van der Waals surface area contributed by atoms with Gasteiger partial charge in [-0.05, 0) is 49.8 Å². The zero-order valence-electron chi connectivity index (χ0n) is 21.6. The molecular weight excluding hydrogens is 430 g/mol. The van der Waals surface area contributed by atoms with E-state index in [0.717, 1.165) is 38.2 Å². The van der Waals surface area contributed by atoms with E-state index < -0.39 is 11.5 Å². The summed E-state index contributed by atoms with van der Waals surface area (Å²) >= 11 is 1.65. The van der Waals surface area contributed by atoms with E-state index >= 15 is 0 Å². The third-order valence-electron chi connectivity index (χ3n) is 9.42. The first-order chi connectivity index (χ1) is 15.6. The van der Waals surface area contributed by atoms with Crippen molar-refractivity contribution in [3.05, 3.63) is 36.5 Å². The van der Waals surface area contributed by atoms with Crippen molar-refractivity contribution in [3.8, 4) is 0 Å². The first kappa shape index (κ1) is 26.6. The van der Waals surface area contributed by atoms with Gasteiger partial charge in [0.25, 0.3) is 0 Å². The first-order valence-electron chi connectivity index (χ1n) is 12.8. The Labute approximate surface area is 205 Å². The van der Waals surface area contributed by atoms with Crippen LogP contribution in [0, 0.1) is 28.1 Å². The van der Waals surface area contributed by atoms with Gasteiger partial charge in [-0.15, -0.1) is 18.3 Å². The van der Waals surface area contributed by atoms with Gasteiger partial charge in [0, 0.05) is 28.5 Å². The molecule has 0 spiro atoms. The van der Waals surface area contributed by atoms with Crippen LogP contribution >= 0.6 is 11.8 Å². The Balaban J connectivity index is 1.85. The fourth-order valence-corrected chi connectivity index (χ4v) is 7.40. The van der Waals surface area contributed by atoms with Gasteiger partial charge in [-0.25, -0.2) is 0 Å². The molecule has 1 unspecified atom stereocenters. The van der Waals surface area contributed by atoms with Gasteiger partial charge < -0.3 is 14.7 Å². The molecule has 2 fully saturated rings. The smallest absolute Gasteiger partial charge is 0.316 e. The number of allylic oxidation sites excluding steroid dienone is 3. The van der Waals surface area contributed by atoms with Crippen molar-refractivity contribution in [2.45, 2.75) is 73.0 Å². The number of esters is 1. The summed E-state index contributed by atoms with van der Waals surface area (Å²) in [7, 11) is 0. The number of aliphatic hydroxyl groups excluding tert-OH is 1. The zero-order valence-corrected chi connectivity index (χ0v) is 22.4. The summed E-state index contributed by atoms with van der Waals surface area (Å²) < 4.78 is 6.33. The minimum absolute atomic E-state index is 0.0737. The molecule has 3 aliphatic carbocycles. The predicted octanol–water partition coefficient (Wildman–Crippen LogP) is 5.49. The molecule has 0 heterocycles. The highest BCUT2D eigenvalue weighted by Gasteiger charge is 2.61. The number of thioether (sulfide) groups is 1. The van der Waals surface area contributed by atoms with Gasteiger partial charge in [0.15, 0.2) is 0 Å². The minimum atomic E-state index is -0.552. The molecule has 2 bridgehead atoms. The molecule has 0 radical (unpaired) electrons. The summed E-state index contributed by atoms with van der Waals surface area (Å²) in [6, 6.07) is 0. The van der Waals surface area contributed by atoms with Gasteiger partial charge in [-0.3, -0.25) is 4.79 Å². The lowest BCUT2D eigenvalue weighted by Gasteiger charge is -2.59. The van der Waals surface area contributed by atoms with Gasteiger partial charge in [0.1, 0.15) is 6.10 Å². The maximum absolute atomic E-state index is 13.1. The number of nitrogens with zero attached hydrogens (tertiary/aromatic N) is 1. The summed E-state index contributed by atoms with van der Waals surface area (Å²) in [6.45, 7) is 20.4. The molecule has 0 amide bonds. The number of hydrogen-bond donors (Lipinski definition) is 1. The Morgan fingerprint density at radius 2 is 2.03 bits per heavy atom. The average Bonchev–Trinajstić information content (AvgIpc) is 3.26. The second-order valence-corrected chi connectivity index (χ2v) is 12.0. The molecule has 0 aliphatic heterocycles.